The molecule has 8 heteroatoms. The average Bonchev–Trinajstić information content (AvgIpc) is 2.59. The van der Waals surface area contributed by atoms with E-state index in [1.54, 1.807) is 6.07 Å². The number of carboxylic acid groups (broad SMARTS) is 1. The van der Waals surface area contributed by atoms with E-state index in [-0.39, 0.29) is 23.7 Å². The maximum absolute atomic E-state index is 13.2. The molecule has 2 aromatic carbocycles. The van der Waals surface area contributed by atoms with Crippen LogP contribution in [-0.2, 0) is 19.1 Å². The van der Waals surface area contributed by atoms with Gasteiger partial charge in [0.05, 0.1) is 16.7 Å². The van der Waals surface area contributed by atoms with Crippen LogP contribution in [-0.4, -0.2) is 28.4 Å². The number of amides is 1. The highest BCUT2D eigenvalue weighted by molar-refractivity contribution is 6.31. The number of nitrogens with zero attached hydrogens (tertiary/aromatic N) is 1. The van der Waals surface area contributed by atoms with Gasteiger partial charge in [-0.3, -0.25) is 4.79 Å². The first-order valence-electron chi connectivity index (χ1n) is 7.68. The zero-order valence-electron chi connectivity index (χ0n) is 13.3. The van der Waals surface area contributed by atoms with Crippen molar-refractivity contribution in [3.05, 3.63) is 69.2 Å². The molecule has 0 radical (unpaired) electrons. The summed E-state index contributed by atoms with van der Waals surface area (Å²) >= 11 is 5.78. The quantitative estimate of drug-likeness (QED) is 0.843. The van der Waals surface area contributed by atoms with Gasteiger partial charge < -0.3 is 10.0 Å². The molecule has 0 fully saturated rings. The van der Waals surface area contributed by atoms with Gasteiger partial charge in [0, 0.05) is 18.1 Å². The van der Waals surface area contributed by atoms with E-state index in [4.69, 9.17) is 16.7 Å². The zero-order chi connectivity index (χ0) is 19.1. The number of alkyl halides is 3. The van der Waals surface area contributed by atoms with Gasteiger partial charge in [-0.1, -0.05) is 17.7 Å². The first-order valence-corrected chi connectivity index (χ1v) is 8.05. The average molecular weight is 384 g/mol. The molecule has 0 unspecified atom stereocenters. The normalized spacial score (nSPS) is 14.1. The van der Waals surface area contributed by atoms with E-state index in [0.29, 0.717) is 12.0 Å². The number of carbonyl (C=O) groups excluding carboxylic acids is 1. The summed E-state index contributed by atoms with van der Waals surface area (Å²) in [6, 6.07) is 7.44. The van der Waals surface area contributed by atoms with E-state index in [0.717, 1.165) is 23.8 Å². The van der Waals surface area contributed by atoms with Crippen molar-refractivity contribution in [2.75, 3.05) is 6.54 Å². The van der Waals surface area contributed by atoms with E-state index in [9.17, 15) is 22.8 Å². The molecule has 2 aromatic rings. The second-order valence-electron chi connectivity index (χ2n) is 5.95. The number of fused-ring (bicyclic) bond motifs is 1. The molecule has 1 aliphatic rings. The molecule has 0 saturated carbocycles. The number of carboxylic acids is 1. The third-order valence-electron chi connectivity index (χ3n) is 4.27. The smallest absolute Gasteiger partial charge is 0.417 e. The fourth-order valence-electron chi connectivity index (χ4n) is 2.97. The minimum Gasteiger partial charge on any atom is -0.478 e. The molecule has 0 saturated heterocycles. The van der Waals surface area contributed by atoms with E-state index in [1.165, 1.54) is 17.0 Å². The fourth-order valence-corrected chi connectivity index (χ4v) is 3.14. The number of aromatic carboxylic acids is 1. The summed E-state index contributed by atoms with van der Waals surface area (Å²) in [7, 11) is 0. The van der Waals surface area contributed by atoms with Gasteiger partial charge in [0.2, 0.25) is 0 Å². The van der Waals surface area contributed by atoms with Crippen LogP contribution in [0.4, 0.5) is 13.2 Å². The van der Waals surface area contributed by atoms with E-state index >= 15 is 0 Å². The monoisotopic (exact) mass is 383 g/mol. The molecular weight excluding hydrogens is 371 g/mol. The first kappa shape index (κ1) is 18.3. The highest BCUT2D eigenvalue weighted by Crippen LogP contribution is 2.34. The zero-order valence-corrected chi connectivity index (χ0v) is 14.1. The molecule has 4 nitrogen and oxygen atoms in total. The van der Waals surface area contributed by atoms with Gasteiger partial charge in [0.25, 0.3) is 5.91 Å². The minimum atomic E-state index is -4.67. The van der Waals surface area contributed by atoms with Crippen LogP contribution in [0.1, 0.15) is 37.4 Å². The molecule has 0 atom stereocenters. The lowest BCUT2D eigenvalue weighted by Crippen LogP contribution is -2.37. The fraction of sp³-hybridized carbons (Fsp3) is 0.222. The summed E-state index contributed by atoms with van der Waals surface area (Å²) in [4.78, 5) is 25.0. The van der Waals surface area contributed by atoms with Crippen molar-refractivity contribution >= 4 is 23.5 Å². The highest BCUT2D eigenvalue weighted by atomic mass is 35.5. The molecule has 1 heterocycles. The third-order valence-corrected chi connectivity index (χ3v) is 4.51. The number of hydrogen-bond acceptors (Lipinski definition) is 2. The molecule has 0 aromatic heterocycles. The predicted octanol–water partition coefficient (Wildman–Crippen LogP) is 4.26. The lowest BCUT2D eigenvalue weighted by molar-refractivity contribution is -0.138. The van der Waals surface area contributed by atoms with Crippen LogP contribution < -0.4 is 0 Å². The topological polar surface area (TPSA) is 57.6 Å². The van der Waals surface area contributed by atoms with Crippen LogP contribution in [0.2, 0.25) is 5.02 Å². The van der Waals surface area contributed by atoms with Crippen LogP contribution in [0.15, 0.2) is 36.4 Å². The molecule has 0 spiro atoms. The highest BCUT2D eigenvalue weighted by Gasteiger charge is 2.36. The number of carbonyl (C=O) groups is 2. The van der Waals surface area contributed by atoms with Gasteiger partial charge in [0.1, 0.15) is 0 Å². The standard InChI is InChI=1S/C18H13ClF3NO3/c19-13-3-4-15(18(20,21)22)14(8-13)16(24)23-6-5-10-7-11(17(25)26)1-2-12(10)9-23/h1-4,7-8H,5-6,9H2,(H,25,26). The lowest BCUT2D eigenvalue weighted by Gasteiger charge is -2.30. The number of rotatable bonds is 2. The molecule has 0 aliphatic carbocycles. The van der Waals surface area contributed by atoms with Gasteiger partial charge in [-0.25, -0.2) is 4.79 Å². The van der Waals surface area contributed by atoms with Crippen molar-refractivity contribution in [1.82, 2.24) is 4.90 Å². The lowest BCUT2D eigenvalue weighted by atomic mass is 9.96. The summed E-state index contributed by atoms with van der Waals surface area (Å²) in [6.07, 6.45) is -4.30. The Bertz CT molecular complexity index is 896. The van der Waals surface area contributed by atoms with Crippen molar-refractivity contribution in [3.63, 3.8) is 0 Å². The number of halogens is 4. The van der Waals surface area contributed by atoms with Crippen molar-refractivity contribution in [1.29, 1.82) is 0 Å². The Morgan fingerprint density at radius 3 is 2.46 bits per heavy atom. The summed E-state index contributed by atoms with van der Waals surface area (Å²) < 4.78 is 39.6. The van der Waals surface area contributed by atoms with Gasteiger partial charge in [-0.15, -0.1) is 0 Å². The van der Waals surface area contributed by atoms with E-state index in [1.807, 2.05) is 0 Å². The van der Waals surface area contributed by atoms with Crippen LogP contribution in [0.25, 0.3) is 0 Å². The largest absolute Gasteiger partial charge is 0.478 e. The Kier molecular flexibility index (Phi) is 4.66. The van der Waals surface area contributed by atoms with Crippen molar-refractivity contribution in [2.45, 2.75) is 19.1 Å². The molecule has 1 N–H and O–H groups in total. The Morgan fingerprint density at radius 1 is 1.08 bits per heavy atom. The Morgan fingerprint density at radius 2 is 1.81 bits per heavy atom. The molecule has 0 bridgehead atoms. The summed E-state index contributed by atoms with van der Waals surface area (Å²) in [6.45, 7) is 0.302. The Balaban J connectivity index is 1.91. The molecule has 136 valence electrons. The number of hydrogen-bond donors (Lipinski definition) is 1. The van der Waals surface area contributed by atoms with Gasteiger partial charge in [0.15, 0.2) is 0 Å². The van der Waals surface area contributed by atoms with E-state index < -0.39 is 29.2 Å². The second kappa shape index (κ2) is 6.64. The maximum atomic E-state index is 13.2. The third kappa shape index (κ3) is 3.53. The van der Waals surface area contributed by atoms with Crippen LogP contribution in [0.5, 0.6) is 0 Å². The summed E-state index contributed by atoms with van der Waals surface area (Å²) in [5.74, 6) is -1.81. The van der Waals surface area contributed by atoms with E-state index in [2.05, 4.69) is 0 Å². The molecular formula is C18H13ClF3NO3. The van der Waals surface area contributed by atoms with Crippen LogP contribution in [0, 0.1) is 0 Å². The summed E-state index contributed by atoms with van der Waals surface area (Å²) in [5.41, 5.74) is 0.105. The molecule has 1 amide bonds. The number of benzene rings is 2. The van der Waals surface area contributed by atoms with Gasteiger partial charge in [-0.05, 0) is 47.9 Å². The SMILES string of the molecule is O=C(O)c1ccc2c(c1)CCN(C(=O)c1cc(Cl)ccc1C(F)(F)F)C2. The van der Waals surface area contributed by atoms with Gasteiger partial charge in [-0.2, -0.15) is 13.2 Å². The second-order valence-corrected chi connectivity index (χ2v) is 6.39. The van der Waals surface area contributed by atoms with Gasteiger partial charge >= 0.3 is 12.1 Å². The van der Waals surface area contributed by atoms with Crippen LogP contribution >= 0.6 is 11.6 Å². The summed E-state index contributed by atoms with van der Waals surface area (Å²) in [5, 5.41) is 9.07. The predicted molar refractivity (Wildman–Crippen MR) is 88.3 cm³/mol. The van der Waals surface area contributed by atoms with Crippen molar-refractivity contribution < 1.29 is 27.9 Å². The first-order chi connectivity index (χ1) is 12.2. The maximum Gasteiger partial charge on any atom is 0.417 e. The molecule has 26 heavy (non-hydrogen) atoms. The van der Waals surface area contributed by atoms with Crippen LogP contribution in [0.3, 0.4) is 0 Å². The minimum absolute atomic E-state index is 0.0462. The molecule has 3 rings (SSSR count). The van der Waals surface area contributed by atoms with Crippen molar-refractivity contribution in [3.8, 4) is 0 Å². The Hall–Kier alpha value is -2.54. The Labute approximate surface area is 151 Å². The van der Waals surface area contributed by atoms with Crippen molar-refractivity contribution in [2.24, 2.45) is 0 Å². The molecule has 1 aliphatic heterocycles.